The van der Waals surface area contributed by atoms with Crippen molar-refractivity contribution in [3.63, 3.8) is 0 Å². The first-order chi connectivity index (χ1) is 9.03. The van der Waals surface area contributed by atoms with Gasteiger partial charge in [-0.05, 0) is 71.4 Å². The Morgan fingerprint density at radius 2 is 1.84 bits per heavy atom. The van der Waals surface area contributed by atoms with Gasteiger partial charge in [-0.1, -0.05) is 0 Å². The molecule has 1 N–H and O–H groups in total. The highest BCUT2D eigenvalue weighted by Gasteiger charge is 2.24. The summed E-state index contributed by atoms with van der Waals surface area (Å²) in [5.41, 5.74) is 0.253. The Balaban J connectivity index is 1.70. The first-order valence-electron chi connectivity index (χ1n) is 8.08. The van der Waals surface area contributed by atoms with Gasteiger partial charge in [-0.3, -0.25) is 0 Å². The number of nitrogens with zero attached hydrogens (tertiary/aromatic N) is 1. The summed E-state index contributed by atoms with van der Waals surface area (Å²) in [4.78, 5) is 2.70. The molecular weight excluding hydrogens is 236 g/mol. The Morgan fingerprint density at radius 3 is 2.53 bits per heavy atom. The van der Waals surface area contributed by atoms with Crippen molar-refractivity contribution < 1.29 is 4.74 Å². The van der Waals surface area contributed by atoms with Crippen molar-refractivity contribution in [2.24, 2.45) is 11.8 Å². The average molecular weight is 268 g/mol. The van der Waals surface area contributed by atoms with E-state index in [-0.39, 0.29) is 5.54 Å². The van der Waals surface area contributed by atoms with Gasteiger partial charge in [0.05, 0.1) is 0 Å². The third kappa shape index (κ3) is 5.80. The predicted molar refractivity (Wildman–Crippen MR) is 80.5 cm³/mol. The van der Waals surface area contributed by atoms with Gasteiger partial charge in [0.15, 0.2) is 0 Å². The second kappa shape index (κ2) is 7.05. The van der Waals surface area contributed by atoms with E-state index in [1.54, 1.807) is 0 Å². The maximum atomic E-state index is 5.46. The van der Waals surface area contributed by atoms with Gasteiger partial charge in [-0.25, -0.2) is 0 Å². The molecule has 2 fully saturated rings. The zero-order valence-electron chi connectivity index (χ0n) is 13.1. The van der Waals surface area contributed by atoms with Crippen molar-refractivity contribution >= 4 is 0 Å². The summed E-state index contributed by atoms with van der Waals surface area (Å²) in [7, 11) is 0. The lowest BCUT2D eigenvalue weighted by Crippen LogP contribution is -2.46. The quantitative estimate of drug-likeness (QED) is 0.848. The molecule has 112 valence electrons. The van der Waals surface area contributed by atoms with Crippen molar-refractivity contribution in [1.82, 2.24) is 10.2 Å². The molecule has 3 nitrogen and oxygen atoms in total. The molecule has 2 heterocycles. The van der Waals surface area contributed by atoms with E-state index in [9.17, 15) is 0 Å². The summed E-state index contributed by atoms with van der Waals surface area (Å²) in [6.45, 7) is 13.8. The number of ether oxygens (including phenoxy) is 1. The monoisotopic (exact) mass is 268 g/mol. The van der Waals surface area contributed by atoms with E-state index < -0.39 is 0 Å². The zero-order valence-corrected chi connectivity index (χ0v) is 13.1. The number of hydrogen-bond acceptors (Lipinski definition) is 3. The van der Waals surface area contributed by atoms with Crippen LogP contribution < -0.4 is 5.32 Å². The van der Waals surface area contributed by atoms with Gasteiger partial charge in [0, 0.05) is 31.8 Å². The predicted octanol–water partition coefficient (Wildman–Crippen LogP) is 2.51. The lowest BCUT2D eigenvalue weighted by atomic mass is 9.94. The largest absolute Gasteiger partial charge is 0.381 e. The van der Waals surface area contributed by atoms with Crippen LogP contribution in [-0.4, -0.2) is 49.8 Å². The first-order valence-corrected chi connectivity index (χ1v) is 8.08. The Labute approximate surface area is 119 Å². The molecule has 0 spiro atoms. The lowest BCUT2D eigenvalue weighted by molar-refractivity contribution is 0.0449. The third-order valence-electron chi connectivity index (χ3n) is 4.38. The summed E-state index contributed by atoms with van der Waals surface area (Å²) in [6.07, 6.45) is 5.30. The number of rotatable bonds is 4. The highest BCUT2D eigenvalue weighted by Crippen LogP contribution is 2.21. The maximum Gasteiger partial charge on any atom is 0.0469 e. The van der Waals surface area contributed by atoms with Crippen molar-refractivity contribution in [3.05, 3.63) is 0 Å². The summed E-state index contributed by atoms with van der Waals surface area (Å²) in [5.74, 6) is 1.72. The minimum absolute atomic E-state index is 0.253. The Bertz CT molecular complexity index is 256. The van der Waals surface area contributed by atoms with Crippen molar-refractivity contribution in [3.8, 4) is 0 Å². The fourth-order valence-electron chi connectivity index (χ4n) is 3.23. The van der Waals surface area contributed by atoms with Crippen LogP contribution >= 0.6 is 0 Å². The van der Waals surface area contributed by atoms with E-state index >= 15 is 0 Å². The van der Waals surface area contributed by atoms with Gasteiger partial charge in [-0.2, -0.15) is 0 Å². The highest BCUT2D eigenvalue weighted by molar-refractivity contribution is 4.80. The smallest absolute Gasteiger partial charge is 0.0469 e. The van der Waals surface area contributed by atoms with Crippen LogP contribution in [0.25, 0.3) is 0 Å². The molecule has 19 heavy (non-hydrogen) atoms. The number of piperidine rings is 1. The molecule has 0 aliphatic carbocycles. The third-order valence-corrected chi connectivity index (χ3v) is 4.38. The Morgan fingerprint density at radius 1 is 1.11 bits per heavy atom. The molecule has 1 atom stereocenters. The fourth-order valence-corrected chi connectivity index (χ4v) is 3.23. The fraction of sp³-hybridized carbons (Fsp3) is 1.00. The average Bonchev–Trinajstić information content (AvgIpc) is 2.37. The zero-order chi connectivity index (χ0) is 13.7. The second-order valence-electron chi connectivity index (χ2n) is 7.45. The van der Waals surface area contributed by atoms with Crippen LogP contribution in [0.2, 0.25) is 0 Å². The molecule has 2 rings (SSSR count). The SMILES string of the molecule is CC(C)(C)NCC1CCCN(CC2CCOCC2)C1. The maximum absolute atomic E-state index is 5.46. The molecule has 0 amide bonds. The van der Waals surface area contributed by atoms with E-state index in [0.29, 0.717) is 0 Å². The van der Waals surface area contributed by atoms with E-state index in [4.69, 9.17) is 4.74 Å². The lowest BCUT2D eigenvalue weighted by Gasteiger charge is -2.37. The molecule has 0 bridgehead atoms. The normalized spacial score (nSPS) is 27.6. The van der Waals surface area contributed by atoms with Crippen LogP contribution in [0.3, 0.4) is 0 Å². The summed E-state index contributed by atoms with van der Waals surface area (Å²) in [6, 6.07) is 0. The van der Waals surface area contributed by atoms with E-state index in [1.165, 1.54) is 51.9 Å². The van der Waals surface area contributed by atoms with Crippen molar-refractivity contribution in [1.29, 1.82) is 0 Å². The first kappa shape index (κ1) is 15.3. The summed E-state index contributed by atoms with van der Waals surface area (Å²) >= 11 is 0. The van der Waals surface area contributed by atoms with Crippen LogP contribution in [0.5, 0.6) is 0 Å². The summed E-state index contributed by atoms with van der Waals surface area (Å²) in [5, 5.41) is 3.67. The Kier molecular flexibility index (Phi) is 5.67. The van der Waals surface area contributed by atoms with Gasteiger partial charge in [-0.15, -0.1) is 0 Å². The second-order valence-corrected chi connectivity index (χ2v) is 7.45. The van der Waals surface area contributed by atoms with Crippen LogP contribution in [0.1, 0.15) is 46.5 Å². The Hall–Kier alpha value is -0.120. The topological polar surface area (TPSA) is 24.5 Å². The van der Waals surface area contributed by atoms with Crippen LogP contribution in [0.4, 0.5) is 0 Å². The minimum atomic E-state index is 0.253. The van der Waals surface area contributed by atoms with E-state index in [1.807, 2.05) is 0 Å². The summed E-state index contributed by atoms with van der Waals surface area (Å²) < 4.78 is 5.46. The van der Waals surface area contributed by atoms with Gasteiger partial charge in [0.2, 0.25) is 0 Å². The van der Waals surface area contributed by atoms with Gasteiger partial charge in [0.25, 0.3) is 0 Å². The molecular formula is C16H32N2O. The van der Waals surface area contributed by atoms with Crippen LogP contribution in [0.15, 0.2) is 0 Å². The molecule has 0 aromatic heterocycles. The molecule has 0 saturated carbocycles. The van der Waals surface area contributed by atoms with Crippen molar-refractivity contribution in [2.75, 3.05) is 39.4 Å². The van der Waals surface area contributed by atoms with Crippen molar-refractivity contribution in [2.45, 2.75) is 52.0 Å². The van der Waals surface area contributed by atoms with Gasteiger partial charge in [0.1, 0.15) is 0 Å². The molecule has 3 heteroatoms. The van der Waals surface area contributed by atoms with E-state index in [2.05, 4.69) is 31.0 Å². The number of likely N-dealkylation sites (tertiary alicyclic amines) is 1. The van der Waals surface area contributed by atoms with Crippen LogP contribution in [-0.2, 0) is 4.74 Å². The molecule has 1 unspecified atom stereocenters. The minimum Gasteiger partial charge on any atom is -0.381 e. The number of nitrogens with one attached hydrogen (secondary N) is 1. The molecule has 2 aliphatic rings. The molecule has 0 aromatic carbocycles. The molecule has 2 aliphatic heterocycles. The molecule has 2 saturated heterocycles. The number of hydrogen-bond donors (Lipinski definition) is 1. The van der Waals surface area contributed by atoms with Gasteiger partial charge >= 0.3 is 0 Å². The van der Waals surface area contributed by atoms with E-state index in [0.717, 1.165) is 25.0 Å². The molecule has 0 aromatic rings. The molecule has 0 radical (unpaired) electrons. The standard InChI is InChI=1S/C16H32N2O/c1-16(2,3)17-11-15-5-4-8-18(13-15)12-14-6-9-19-10-7-14/h14-15,17H,4-13H2,1-3H3. The van der Waals surface area contributed by atoms with Crippen LogP contribution in [0, 0.1) is 11.8 Å². The van der Waals surface area contributed by atoms with Gasteiger partial charge < -0.3 is 15.0 Å². The highest BCUT2D eigenvalue weighted by atomic mass is 16.5.